The molecule has 0 unspecified atom stereocenters. The van der Waals surface area contributed by atoms with Crippen LogP contribution in [-0.2, 0) is 12.0 Å². The van der Waals surface area contributed by atoms with Crippen LogP contribution in [0.3, 0.4) is 0 Å². The lowest BCUT2D eigenvalue weighted by Gasteiger charge is -2.42. The molecule has 0 saturated heterocycles. The topological polar surface area (TPSA) is 74.2 Å². The SMILES string of the molecule is CC1(C)Cc2c(sc(/N=C\N)c2C#N)C(C)(C)N1. The first-order chi connectivity index (χ1) is 8.30. The third-order valence-electron chi connectivity index (χ3n) is 3.13. The predicted octanol–water partition coefficient (Wildman–Crippen LogP) is 2.40. The van der Waals surface area contributed by atoms with Crippen molar-refractivity contribution in [1.82, 2.24) is 5.32 Å². The van der Waals surface area contributed by atoms with Gasteiger partial charge in [0.15, 0.2) is 0 Å². The van der Waals surface area contributed by atoms with Gasteiger partial charge in [0.05, 0.1) is 11.9 Å². The number of nitriles is 1. The molecule has 0 saturated carbocycles. The van der Waals surface area contributed by atoms with Crippen LogP contribution in [0.2, 0.25) is 0 Å². The van der Waals surface area contributed by atoms with Crippen molar-refractivity contribution in [3.05, 3.63) is 16.0 Å². The molecule has 0 radical (unpaired) electrons. The minimum Gasteiger partial charge on any atom is -0.390 e. The molecule has 2 rings (SSSR count). The zero-order chi connectivity index (χ0) is 13.6. The van der Waals surface area contributed by atoms with Crippen molar-refractivity contribution in [2.24, 2.45) is 10.7 Å². The summed E-state index contributed by atoms with van der Waals surface area (Å²) in [5.74, 6) is 0. The first kappa shape index (κ1) is 13.1. The van der Waals surface area contributed by atoms with E-state index in [9.17, 15) is 5.26 Å². The van der Waals surface area contributed by atoms with Gasteiger partial charge in [0.25, 0.3) is 0 Å². The van der Waals surface area contributed by atoms with Gasteiger partial charge in [-0.15, -0.1) is 11.3 Å². The fraction of sp³-hybridized carbons (Fsp3) is 0.538. The zero-order valence-corrected chi connectivity index (χ0v) is 12.0. The van der Waals surface area contributed by atoms with Gasteiger partial charge in [-0.25, -0.2) is 4.99 Å². The van der Waals surface area contributed by atoms with E-state index in [4.69, 9.17) is 5.73 Å². The highest BCUT2D eigenvalue weighted by molar-refractivity contribution is 7.16. The van der Waals surface area contributed by atoms with E-state index in [0.717, 1.165) is 17.0 Å². The molecule has 1 aromatic rings. The molecule has 0 amide bonds. The first-order valence-corrected chi connectivity index (χ1v) is 6.72. The summed E-state index contributed by atoms with van der Waals surface area (Å²) in [6.45, 7) is 8.59. The Hall–Kier alpha value is -1.38. The summed E-state index contributed by atoms with van der Waals surface area (Å²) in [6.07, 6.45) is 2.09. The third kappa shape index (κ3) is 2.02. The third-order valence-corrected chi connectivity index (χ3v) is 4.59. The van der Waals surface area contributed by atoms with Crippen LogP contribution in [0.1, 0.15) is 43.7 Å². The molecule has 0 spiro atoms. The van der Waals surface area contributed by atoms with Crippen molar-refractivity contribution in [3.8, 4) is 6.07 Å². The minimum absolute atomic E-state index is 0.0210. The van der Waals surface area contributed by atoms with Gasteiger partial charge in [-0.2, -0.15) is 5.26 Å². The van der Waals surface area contributed by atoms with Crippen molar-refractivity contribution in [2.75, 3.05) is 0 Å². The van der Waals surface area contributed by atoms with Crippen LogP contribution in [0.5, 0.6) is 0 Å². The largest absolute Gasteiger partial charge is 0.390 e. The second-order valence-corrected chi connectivity index (χ2v) is 6.79. The van der Waals surface area contributed by atoms with Crippen LogP contribution in [0.4, 0.5) is 5.00 Å². The van der Waals surface area contributed by atoms with Gasteiger partial charge >= 0.3 is 0 Å². The van der Waals surface area contributed by atoms with Gasteiger partial charge in [0, 0.05) is 16.0 Å². The molecule has 5 heteroatoms. The quantitative estimate of drug-likeness (QED) is 0.603. The lowest BCUT2D eigenvalue weighted by Crippen LogP contribution is -2.54. The molecule has 96 valence electrons. The van der Waals surface area contributed by atoms with Crippen molar-refractivity contribution in [2.45, 2.75) is 45.2 Å². The van der Waals surface area contributed by atoms with Crippen LogP contribution < -0.4 is 11.1 Å². The van der Waals surface area contributed by atoms with E-state index in [-0.39, 0.29) is 11.1 Å². The van der Waals surface area contributed by atoms with Crippen molar-refractivity contribution >= 4 is 22.7 Å². The van der Waals surface area contributed by atoms with Crippen molar-refractivity contribution in [1.29, 1.82) is 5.26 Å². The first-order valence-electron chi connectivity index (χ1n) is 5.90. The molecule has 1 aromatic heterocycles. The molecule has 1 aliphatic rings. The minimum atomic E-state index is -0.143. The maximum Gasteiger partial charge on any atom is 0.136 e. The van der Waals surface area contributed by atoms with Gasteiger partial charge in [0.2, 0.25) is 0 Å². The number of fused-ring (bicyclic) bond motifs is 1. The standard InChI is InChI=1S/C13H18N4S/c1-12(2)5-8-9(6-14)11(16-7-15)18-10(8)13(3,4)17-12/h7,17H,5H2,1-4H3,(H2,15,16). The van der Waals surface area contributed by atoms with E-state index in [1.165, 1.54) is 11.2 Å². The number of nitrogens with zero attached hydrogens (tertiary/aromatic N) is 2. The average Bonchev–Trinajstić information content (AvgIpc) is 2.54. The number of nitrogens with one attached hydrogen (secondary N) is 1. The maximum absolute atomic E-state index is 9.35. The lowest BCUT2D eigenvalue weighted by atomic mass is 9.81. The van der Waals surface area contributed by atoms with Gasteiger partial charge in [0.1, 0.15) is 11.1 Å². The summed E-state index contributed by atoms with van der Waals surface area (Å²) in [7, 11) is 0. The van der Waals surface area contributed by atoms with Gasteiger partial charge in [-0.3, -0.25) is 0 Å². The Morgan fingerprint density at radius 3 is 2.67 bits per heavy atom. The second kappa shape index (κ2) is 4.08. The predicted molar refractivity (Wildman–Crippen MR) is 75.3 cm³/mol. The maximum atomic E-state index is 9.35. The van der Waals surface area contributed by atoms with Crippen LogP contribution >= 0.6 is 11.3 Å². The molecule has 0 atom stereocenters. The smallest absolute Gasteiger partial charge is 0.136 e. The Balaban J connectivity index is 2.67. The van der Waals surface area contributed by atoms with E-state index in [1.54, 1.807) is 11.3 Å². The Morgan fingerprint density at radius 1 is 1.44 bits per heavy atom. The van der Waals surface area contributed by atoms with E-state index >= 15 is 0 Å². The molecular weight excluding hydrogens is 244 g/mol. The molecule has 0 fully saturated rings. The Morgan fingerprint density at radius 2 is 2.11 bits per heavy atom. The number of thiophene rings is 1. The number of hydrogen-bond donors (Lipinski definition) is 2. The molecule has 18 heavy (non-hydrogen) atoms. The number of hydrogen-bond acceptors (Lipinski definition) is 4. The molecule has 4 nitrogen and oxygen atoms in total. The van der Waals surface area contributed by atoms with Gasteiger partial charge in [-0.1, -0.05) is 0 Å². The Labute approximate surface area is 112 Å². The van der Waals surface area contributed by atoms with E-state index < -0.39 is 0 Å². The second-order valence-electron chi connectivity index (χ2n) is 5.79. The summed E-state index contributed by atoms with van der Waals surface area (Å²) in [5, 5.41) is 13.7. The van der Waals surface area contributed by atoms with Crippen molar-refractivity contribution < 1.29 is 0 Å². The highest BCUT2D eigenvalue weighted by Crippen LogP contribution is 2.45. The Bertz CT molecular complexity index is 546. The zero-order valence-electron chi connectivity index (χ0n) is 11.2. The highest BCUT2D eigenvalue weighted by Gasteiger charge is 2.40. The number of nitrogens with two attached hydrogens (primary N) is 1. The fourth-order valence-electron chi connectivity index (χ4n) is 2.79. The van der Waals surface area contributed by atoms with Crippen molar-refractivity contribution in [3.63, 3.8) is 0 Å². The lowest BCUT2D eigenvalue weighted by molar-refractivity contribution is 0.247. The van der Waals surface area contributed by atoms with E-state index in [2.05, 4.69) is 44.1 Å². The van der Waals surface area contributed by atoms with Gasteiger partial charge < -0.3 is 11.1 Å². The summed E-state index contributed by atoms with van der Waals surface area (Å²) in [5.41, 5.74) is 6.99. The summed E-state index contributed by atoms with van der Waals surface area (Å²) >= 11 is 1.56. The molecular formula is C13H18N4S. The van der Waals surface area contributed by atoms with E-state index in [1.807, 2.05) is 0 Å². The summed E-state index contributed by atoms with van der Waals surface area (Å²) < 4.78 is 0. The van der Waals surface area contributed by atoms with Crippen LogP contribution in [0, 0.1) is 11.3 Å². The molecule has 3 N–H and O–H groups in total. The summed E-state index contributed by atoms with van der Waals surface area (Å²) in [6, 6.07) is 2.28. The fourth-order valence-corrected chi connectivity index (χ4v) is 3.97. The van der Waals surface area contributed by atoms with Crippen LogP contribution in [0.15, 0.2) is 4.99 Å². The number of aliphatic imine (C=N–C) groups is 1. The van der Waals surface area contributed by atoms with Crippen LogP contribution in [0.25, 0.3) is 0 Å². The normalized spacial score (nSPS) is 20.6. The number of rotatable bonds is 1. The highest BCUT2D eigenvalue weighted by atomic mass is 32.1. The van der Waals surface area contributed by atoms with Gasteiger partial charge in [-0.05, 0) is 39.7 Å². The van der Waals surface area contributed by atoms with Crippen LogP contribution in [-0.4, -0.2) is 11.9 Å². The van der Waals surface area contributed by atoms with E-state index in [0.29, 0.717) is 5.56 Å². The Kier molecular flexibility index (Phi) is 2.96. The molecule has 1 aliphatic heterocycles. The molecule has 0 aromatic carbocycles. The molecule has 2 heterocycles. The molecule has 0 bridgehead atoms. The monoisotopic (exact) mass is 262 g/mol. The molecule has 0 aliphatic carbocycles. The average molecular weight is 262 g/mol. The summed E-state index contributed by atoms with van der Waals surface area (Å²) in [4.78, 5) is 5.31.